The van der Waals surface area contributed by atoms with Gasteiger partial charge < -0.3 is 10.1 Å². The van der Waals surface area contributed by atoms with E-state index < -0.39 is 0 Å². The van der Waals surface area contributed by atoms with Crippen molar-refractivity contribution in [3.8, 4) is 6.07 Å². The van der Waals surface area contributed by atoms with E-state index in [1.807, 2.05) is 0 Å². The van der Waals surface area contributed by atoms with Crippen LogP contribution in [0.15, 0.2) is 18.3 Å². The number of benzene rings is 1. The fraction of sp³-hybridized carbons (Fsp3) is 0.500. The van der Waals surface area contributed by atoms with E-state index in [4.69, 9.17) is 4.74 Å². The fourth-order valence-electron chi connectivity index (χ4n) is 4.44. The van der Waals surface area contributed by atoms with E-state index in [9.17, 15) is 5.26 Å². The highest BCUT2D eigenvalue weighted by molar-refractivity contribution is 5.96. The van der Waals surface area contributed by atoms with Crippen LogP contribution >= 0.6 is 0 Å². The molecule has 4 rings (SSSR count). The summed E-state index contributed by atoms with van der Waals surface area (Å²) in [5.74, 6) is 0.555. The molecule has 124 valence electrons. The van der Waals surface area contributed by atoms with Gasteiger partial charge >= 0.3 is 0 Å². The summed E-state index contributed by atoms with van der Waals surface area (Å²) < 4.78 is 5.89. The molecular formula is C20H23N3O. The number of fused-ring (bicyclic) bond motifs is 2. The zero-order chi connectivity index (χ0) is 16.7. The molecule has 2 heterocycles. The van der Waals surface area contributed by atoms with Gasteiger partial charge in [-0.15, -0.1) is 0 Å². The van der Waals surface area contributed by atoms with E-state index in [0.29, 0.717) is 23.6 Å². The van der Waals surface area contributed by atoms with Crippen LogP contribution in [-0.2, 0) is 4.74 Å². The minimum Gasteiger partial charge on any atom is -0.380 e. The Morgan fingerprint density at radius 2 is 2.12 bits per heavy atom. The SMILES string of the molecule is Cc1cc(C)c2ncc(C#N)c(NC3CCCC4OCCC34)c2c1. The van der Waals surface area contributed by atoms with Gasteiger partial charge in [0, 0.05) is 30.1 Å². The minimum atomic E-state index is 0.379. The molecule has 1 N–H and O–H groups in total. The lowest BCUT2D eigenvalue weighted by molar-refractivity contribution is 0.0620. The maximum atomic E-state index is 9.58. The van der Waals surface area contributed by atoms with Crippen molar-refractivity contribution in [2.24, 2.45) is 5.92 Å². The molecule has 2 aromatic rings. The summed E-state index contributed by atoms with van der Waals surface area (Å²) >= 11 is 0. The van der Waals surface area contributed by atoms with E-state index in [1.54, 1.807) is 6.20 Å². The molecule has 2 fully saturated rings. The van der Waals surface area contributed by atoms with Crippen LogP contribution in [0.2, 0.25) is 0 Å². The highest BCUT2D eigenvalue weighted by atomic mass is 16.5. The number of anilines is 1. The molecule has 3 atom stereocenters. The van der Waals surface area contributed by atoms with Crippen molar-refractivity contribution >= 4 is 16.6 Å². The molecule has 4 heteroatoms. The van der Waals surface area contributed by atoms with E-state index >= 15 is 0 Å². The first-order valence-electron chi connectivity index (χ1n) is 8.85. The second kappa shape index (κ2) is 6.07. The molecule has 1 aromatic heterocycles. The molecule has 4 nitrogen and oxygen atoms in total. The molecule has 0 spiro atoms. The lowest BCUT2D eigenvalue weighted by Crippen LogP contribution is -2.38. The van der Waals surface area contributed by atoms with E-state index in [2.05, 4.69) is 42.4 Å². The Kier molecular flexibility index (Phi) is 3.90. The molecule has 24 heavy (non-hydrogen) atoms. The number of ether oxygens (including phenoxy) is 1. The zero-order valence-electron chi connectivity index (χ0n) is 14.3. The van der Waals surface area contributed by atoms with Crippen LogP contribution in [-0.4, -0.2) is 23.7 Å². The van der Waals surface area contributed by atoms with Gasteiger partial charge in [0.25, 0.3) is 0 Å². The van der Waals surface area contributed by atoms with Crippen molar-refractivity contribution in [1.82, 2.24) is 4.98 Å². The standard InChI is InChI=1S/C20H23N3O/c1-12-8-13(2)19-16(9-12)20(14(10-21)11-22-19)23-17-4-3-5-18-15(17)6-7-24-18/h8-9,11,15,17-18H,3-7H2,1-2H3,(H,22,23). The van der Waals surface area contributed by atoms with Gasteiger partial charge in [0.2, 0.25) is 0 Å². The predicted molar refractivity (Wildman–Crippen MR) is 95.0 cm³/mol. The number of aryl methyl sites for hydroxylation is 2. The van der Waals surface area contributed by atoms with Crippen LogP contribution in [0.1, 0.15) is 42.4 Å². The number of aromatic nitrogens is 1. The summed E-state index contributed by atoms with van der Waals surface area (Å²) in [5.41, 5.74) is 4.92. The Hall–Kier alpha value is -2.12. The average Bonchev–Trinajstić information content (AvgIpc) is 3.05. The molecule has 3 unspecified atom stereocenters. The maximum Gasteiger partial charge on any atom is 0.103 e. The van der Waals surface area contributed by atoms with Crippen LogP contribution in [0.4, 0.5) is 5.69 Å². The number of hydrogen-bond acceptors (Lipinski definition) is 4. The van der Waals surface area contributed by atoms with Gasteiger partial charge in [0.1, 0.15) is 6.07 Å². The van der Waals surface area contributed by atoms with Crippen molar-refractivity contribution in [1.29, 1.82) is 5.26 Å². The van der Waals surface area contributed by atoms with Gasteiger partial charge in [0.15, 0.2) is 0 Å². The molecule has 0 radical (unpaired) electrons. The van der Waals surface area contributed by atoms with Crippen molar-refractivity contribution in [2.45, 2.75) is 51.7 Å². The molecule has 1 saturated heterocycles. The maximum absolute atomic E-state index is 9.58. The first kappa shape index (κ1) is 15.4. The topological polar surface area (TPSA) is 57.9 Å². The molecule has 1 aliphatic heterocycles. The number of nitrogens with zero attached hydrogens (tertiary/aromatic N) is 2. The molecule has 0 amide bonds. The Morgan fingerprint density at radius 1 is 1.25 bits per heavy atom. The van der Waals surface area contributed by atoms with Gasteiger partial charge in [0.05, 0.1) is 22.9 Å². The first-order valence-corrected chi connectivity index (χ1v) is 8.85. The highest BCUT2D eigenvalue weighted by Crippen LogP contribution is 2.38. The van der Waals surface area contributed by atoms with E-state index in [1.165, 1.54) is 18.4 Å². The molecule has 1 saturated carbocycles. The van der Waals surface area contributed by atoms with Crippen molar-refractivity contribution in [3.63, 3.8) is 0 Å². The summed E-state index contributed by atoms with van der Waals surface area (Å²) in [4.78, 5) is 4.53. The predicted octanol–water partition coefficient (Wildman–Crippen LogP) is 4.09. The number of hydrogen-bond donors (Lipinski definition) is 1. The average molecular weight is 321 g/mol. The Balaban J connectivity index is 1.79. The molecule has 2 aliphatic rings. The summed E-state index contributed by atoms with van der Waals surface area (Å²) in [6.45, 7) is 5.05. The minimum absolute atomic E-state index is 0.379. The summed E-state index contributed by atoms with van der Waals surface area (Å²) in [7, 11) is 0. The number of nitrogens with one attached hydrogen (secondary N) is 1. The molecular weight excluding hydrogens is 298 g/mol. The molecule has 1 aromatic carbocycles. The second-order valence-corrected chi connectivity index (χ2v) is 7.18. The number of rotatable bonds is 2. The smallest absolute Gasteiger partial charge is 0.103 e. The first-order chi connectivity index (χ1) is 11.7. The fourth-order valence-corrected chi connectivity index (χ4v) is 4.44. The van der Waals surface area contributed by atoms with Crippen molar-refractivity contribution < 1.29 is 4.74 Å². The van der Waals surface area contributed by atoms with Crippen molar-refractivity contribution in [3.05, 3.63) is 35.0 Å². The summed E-state index contributed by atoms with van der Waals surface area (Å²) in [5, 5.41) is 14.4. The second-order valence-electron chi connectivity index (χ2n) is 7.18. The van der Waals surface area contributed by atoms with Crippen molar-refractivity contribution in [2.75, 3.05) is 11.9 Å². The Labute approximate surface area is 142 Å². The lowest BCUT2D eigenvalue weighted by atomic mass is 9.81. The van der Waals surface area contributed by atoms with Gasteiger partial charge in [-0.25, -0.2) is 0 Å². The van der Waals surface area contributed by atoms with Gasteiger partial charge in [-0.2, -0.15) is 5.26 Å². The normalized spacial score (nSPS) is 26.1. The molecule has 1 aliphatic carbocycles. The number of nitriles is 1. The Bertz CT molecular complexity index is 824. The highest BCUT2D eigenvalue weighted by Gasteiger charge is 2.38. The lowest BCUT2D eigenvalue weighted by Gasteiger charge is -2.34. The van der Waals surface area contributed by atoms with E-state index in [-0.39, 0.29) is 0 Å². The van der Waals surface area contributed by atoms with E-state index in [0.717, 1.165) is 41.6 Å². The van der Waals surface area contributed by atoms with Gasteiger partial charge in [-0.05, 0) is 51.2 Å². The van der Waals surface area contributed by atoms with Crippen LogP contribution in [0.3, 0.4) is 0 Å². The molecule has 0 bridgehead atoms. The quantitative estimate of drug-likeness (QED) is 0.905. The third-order valence-electron chi connectivity index (χ3n) is 5.54. The van der Waals surface area contributed by atoms with Gasteiger partial charge in [-0.1, -0.05) is 11.6 Å². The van der Waals surface area contributed by atoms with Crippen LogP contribution in [0.5, 0.6) is 0 Å². The third-order valence-corrected chi connectivity index (χ3v) is 5.54. The zero-order valence-corrected chi connectivity index (χ0v) is 14.3. The number of pyridine rings is 1. The summed E-state index contributed by atoms with van der Waals surface area (Å²) in [6.07, 6.45) is 6.71. The van der Waals surface area contributed by atoms with Gasteiger partial charge in [-0.3, -0.25) is 4.98 Å². The monoisotopic (exact) mass is 321 g/mol. The van der Waals surface area contributed by atoms with Crippen LogP contribution in [0.25, 0.3) is 10.9 Å². The van der Waals surface area contributed by atoms with Crippen LogP contribution in [0, 0.1) is 31.1 Å². The Morgan fingerprint density at radius 3 is 2.96 bits per heavy atom. The largest absolute Gasteiger partial charge is 0.380 e. The van der Waals surface area contributed by atoms with Crippen LogP contribution < -0.4 is 5.32 Å². The summed E-state index contributed by atoms with van der Waals surface area (Å²) in [6, 6.07) is 6.99. The third kappa shape index (κ3) is 2.53.